The molecule has 2 aromatic rings. The number of benzene rings is 2. The molecule has 0 aromatic heterocycles. The Morgan fingerprint density at radius 1 is 1.15 bits per heavy atom. The van der Waals surface area contributed by atoms with Gasteiger partial charge in [-0.05, 0) is 30.2 Å². The largest absolute Gasteiger partial charge is 0.379 e. The van der Waals surface area contributed by atoms with E-state index >= 15 is 0 Å². The molecule has 2 aromatic carbocycles. The van der Waals surface area contributed by atoms with E-state index in [1.807, 2.05) is 37.3 Å². The molecule has 178 valence electrons. The van der Waals surface area contributed by atoms with E-state index in [0.717, 1.165) is 5.56 Å². The second-order valence-electron chi connectivity index (χ2n) is 7.78. The van der Waals surface area contributed by atoms with Crippen LogP contribution in [0.5, 0.6) is 0 Å². The van der Waals surface area contributed by atoms with Gasteiger partial charge >= 0.3 is 0 Å². The van der Waals surface area contributed by atoms with E-state index in [0.29, 0.717) is 19.6 Å². The van der Waals surface area contributed by atoms with Gasteiger partial charge in [-0.25, -0.2) is 8.42 Å². The summed E-state index contributed by atoms with van der Waals surface area (Å²) in [5, 5.41) is 2.74. The van der Waals surface area contributed by atoms with Crippen molar-refractivity contribution in [2.24, 2.45) is 0 Å². The minimum atomic E-state index is -3.83. The number of sulfonamides is 1. The second-order valence-corrected chi connectivity index (χ2v) is 10.1. The highest BCUT2D eigenvalue weighted by atomic mass is 35.5. The molecule has 0 saturated carbocycles. The van der Waals surface area contributed by atoms with Gasteiger partial charge in [0.05, 0.1) is 30.7 Å². The molecular formula is C23H28ClN3O5S. The first-order valence-corrected chi connectivity index (χ1v) is 12.5. The number of carbonyl (C=O) groups is 2. The highest BCUT2D eigenvalue weighted by Gasteiger charge is 2.29. The molecule has 1 atom stereocenters. The van der Waals surface area contributed by atoms with Gasteiger partial charge in [0.25, 0.3) is 0 Å². The first-order valence-electron chi connectivity index (χ1n) is 10.7. The van der Waals surface area contributed by atoms with Crippen molar-refractivity contribution in [1.82, 2.24) is 9.21 Å². The smallest absolute Gasteiger partial charge is 0.244 e. The topological polar surface area (TPSA) is 96.0 Å². The molecule has 3 rings (SSSR count). The average molecular weight is 494 g/mol. The fraction of sp³-hybridized carbons (Fsp3) is 0.391. The van der Waals surface area contributed by atoms with E-state index in [1.165, 1.54) is 27.4 Å². The van der Waals surface area contributed by atoms with Crippen molar-refractivity contribution in [3.05, 3.63) is 59.1 Å². The van der Waals surface area contributed by atoms with Crippen LogP contribution in [0.4, 0.5) is 5.69 Å². The van der Waals surface area contributed by atoms with Gasteiger partial charge in [-0.1, -0.05) is 48.9 Å². The van der Waals surface area contributed by atoms with Crippen LogP contribution in [-0.2, 0) is 24.3 Å². The summed E-state index contributed by atoms with van der Waals surface area (Å²) in [4.78, 5) is 26.8. The number of nitrogens with one attached hydrogen (secondary N) is 1. The van der Waals surface area contributed by atoms with Crippen LogP contribution >= 0.6 is 11.6 Å². The maximum Gasteiger partial charge on any atom is 0.244 e. The fourth-order valence-electron chi connectivity index (χ4n) is 3.70. The van der Waals surface area contributed by atoms with Gasteiger partial charge in [0, 0.05) is 25.8 Å². The van der Waals surface area contributed by atoms with Crippen LogP contribution in [0.2, 0.25) is 5.02 Å². The van der Waals surface area contributed by atoms with Crippen LogP contribution < -0.4 is 5.32 Å². The van der Waals surface area contributed by atoms with Gasteiger partial charge in [0.15, 0.2) is 0 Å². The lowest BCUT2D eigenvalue weighted by atomic mass is 9.95. The summed E-state index contributed by atoms with van der Waals surface area (Å²) in [7, 11) is -2.25. The summed E-state index contributed by atoms with van der Waals surface area (Å²) in [6.45, 7) is 2.86. The summed E-state index contributed by atoms with van der Waals surface area (Å²) in [6.07, 6.45) is 0.606. The van der Waals surface area contributed by atoms with E-state index in [4.69, 9.17) is 16.3 Å². The van der Waals surface area contributed by atoms with Gasteiger partial charge in [-0.2, -0.15) is 4.31 Å². The van der Waals surface area contributed by atoms with Crippen LogP contribution in [-0.4, -0.2) is 69.3 Å². The van der Waals surface area contributed by atoms with Crippen molar-refractivity contribution < 1.29 is 22.7 Å². The molecule has 33 heavy (non-hydrogen) atoms. The number of morpholine rings is 1. The van der Waals surface area contributed by atoms with Gasteiger partial charge in [-0.3, -0.25) is 9.59 Å². The van der Waals surface area contributed by atoms with Crippen LogP contribution in [0.25, 0.3) is 0 Å². The third-order valence-corrected chi connectivity index (χ3v) is 7.85. The Kier molecular flexibility index (Phi) is 8.47. The van der Waals surface area contributed by atoms with Gasteiger partial charge < -0.3 is 15.0 Å². The van der Waals surface area contributed by atoms with Crippen LogP contribution in [0, 0.1) is 0 Å². The zero-order valence-corrected chi connectivity index (χ0v) is 20.2. The molecule has 1 fully saturated rings. The summed E-state index contributed by atoms with van der Waals surface area (Å²) >= 11 is 6.17. The SMILES string of the molecule is CCC(C(=O)N(C)CC(=O)Nc1ccc(Cl)c(S(=O)(=O)N2CCOCC2)c1)c1ccccc1. The number of carbonyl (C=O) groups excluding carboxylic acids is 2. The minimum Gasteiger partial charge on any atom is -0.379 e. The Morgan fingerprint density at radius 3 is 2.45 bits per heavy atom. The molecule has 0 spiro atoms. The third-order valence-electron chi connectivity index (χ3n) is 5.47. The summed E-state index contributed by atoms with van der Waals surface area (Å²) in [5.41, 5.74) is 1.18. The molecule has 10 heteroatoms. The molecule has 1 aliphatic rings. The Balaban J connectivity index is 1.69. The van der Waals surface area contributed by atoms with Gasteiger partial charge in [-0.15, -0.1) is 0 Å². The molecule has 1 heterocycles. The van der Waals surface area contributed by atoms with Crippen molar-refractivity contribution in [3.63, 3.8) is 0 Å². The van der Waals surface area contributed by atoms with Crippen LogP contribution in [0.15, 0.2) is 53.4 Å². The highest BCUT2D eigenvalue weighted by Crippen LogP contribution is 2.28. The molecule has 0 bridgehead atoms. The van der Waals surface area contributed by atoms with E-state index in [-0.39, 0.29) is 47.1 Å². The predicted octanol–water partition coefficient (Wildman–Crippen LogP) is 2.95. The first-order chi connectivity index (χ1) is 15.7. The van der Waals surface area contributed by atoms with Crippen LogP contribution in [0.3, 0.4) is 0 Å². The van der Waals surface area contributed by atoms with Gasteiger partial charge in [0.1, 0.15) is 4.90 Å². The number of halogens is 1. The molecule has 1 saturated heterocycles. The number of hydrogen-bond acceptors (Lipinski definition) is 5. The Morgan fingerprint density at radius 2 is 1.82 bits per heavy atom. The van der Waals surface area contributed by atoms with E-state index in [1.54, 1.807) is 7.05 Å². The van der Waals surface area contributed by atoms with Gasteiger partial charge in [0.2, 0.25) is 21.8 Å². The Bertz CT molecular complexity index is 1090. The maximum atomic E-state index is 13.0. The zero-order valence-electron chi connectivity index (χ0n) is 18.7. The predicted molar refractivity (Wildman–Crippen MR) is 127 cm³/mol. The van der Waals surface area contributed by atoms with Crippen molar-refractivity contribution in [2.75, 3.05) is 45.2 Å². The van der Waals surface area contributed by atoms with E-state index in [9.17, 15) is 18.0 Å². The minimum absolute atomic E-state index is 0.0698. The third kappa shape index (κ3) is 6.11. The number of ether oxygens (including phenoxy) is 1. The molecule has 0 radical (unpaired) electrons. The molecular weight excluding hydrogens is 466 g/mol. The van der Waals surface area contributed by atoms with Crippen molar-refractivity contribution >= 4 is 39.1 Å². The highest BCUT2D eigenvalue weighted by molar-refractivity contribution is 7.89. The number of nitrogens with zero attached hydrogens (tertiary/aromatic N) is 2. The van der Waals surface area contributed by atoms with Crippen molar-refractivity contribution in [2.45, 2.75) is 24.2 Å². The summed E-state index contributed by atoms with van der Waals surface area (Å²) in [6, 6.07) is 13.7. The number of hydrogen-bond donors (Lipinski definition) is 1. The maximum absolute atomic E-state index is 13.0. The van der Waals surface area contributed by atoms with E-state index in [2.05, 4.69) is 5.32 Å². The average Bonchev–Trinajstić information content (AvgIpc) is 2.81. The number of anilines is 1. The zero-order chi connectivity index (χ0) is 24.0. The second kappa shape index (κ2) is 11.1. The lowest BCUT2D eigenvalue weighted by molar-refractivity contribution is -0.134. The summed E-state index contributed by atoms with van der Waals surface area (Å²) < 4.78 is 32.5. The number of likely N-dealkylation sites (N-methyl/N-ethyl adjacent to an activating group) is 1. The normalized spacial score (nSPS) is 15.6. The summed E-state index contributed by atoms with van der Waals surface area (Å²) in [5.74, 6) is -0.943. The molecule has 1 aliphatic heterocycles. The lowest BCUT2D eigenvalue weighted by Crippen LogP contribution is -2.40. The molecule has 0 aliphatic carbocycles. The molecule has 2 amide bonds. The standard InChI is InChI=1S/C23H28ClN3O5S/c1-3-19(17-7-5-4-6-8-17)23(29)26(2)16-22(28)25-18-9-10-20(24)21(15-18)33(30,31)27-11-13-32-14-12-27/h4-10,15,19H,3,11-14,16H2,1-2H3,(H,25,28). The lowest BCUT2D eigenvalue weighted by Gasteiger charge is -2.26. The van der Waals surface area contributed by atoms with Crippen molar-refractivity contribution in [3.8, 4) is 0 Å². The fourth-order valence-corrected chi connectivity index (χ4v) is 5.61. The quantitative estimate of drug-likeness (QED) is 0.610. The number of amides is 2. The van der Waals surface area contributed by atoms with Crippen LogP contribution in [0.1, 0.15) is 24.8 Å². The van der Waals surface area contributed by atoms with E-state index < -0.39 is 15.9 Å². The monoisotopic (exact) mass is 493 g/mol. The first kappa shape index (κ1) is 25.2. The molecule has 8 nitrogen and oxygen atoms in total. The molecule has 1 unspecified atom stereocenters. The Hall–Kier alpha value is -2.46. The Labute approximate surface area is 199 Å². The number of rotatable bonds is 8. The van der Waals surface area contributed by atoms with Crippen molar-refractivity contribution in [1.29, 1.82) is 0 Å². The molecule has 1 N–H and O–H groups in total.